The standard InChI is InChI=1S/C12H22N2OS/c1-3-5-14(6-7-15)11(9-13)12-10(2)4-8-16-12/h4,8,11,15H,3,5-7,9,13H2,1-2H3. The summed E-state index contributed by atoms with van der Waals surface area (Å²) in [5, 5.41) is 11.2. The normalized spacial score (nSPS) is 13.3. The van der Waals surface area contributed by atoms with E-state index in [1.165, 1.54) is 10.4 Å². The summed E-state index contributed by atoms with van der Waals surface area (Å²) >= 11 is 1.76. The second kappa shape index (κ2) is 7.01. The van der Waals surface area contributed by atoms with E-state index in [0.29, 0.717) is 13.1 Å². The molecule has 4 heteroatoms. The second-order valence-corrected chi connectivity index (χ2v) is 4.93. The topological polar surface area (TPSA) is 49.5 Å². The lowest BCUT2D eigenvalue weighted by molar-refractivity contribution is 0.154. The molecule has 0 aliphatic heterocycles. The molecular weight excluding hydrogens is 220 g/mol. The summed E-state index contributed by atoms with van der Waals surface area (Å²) in [5.74, 6) is 0. The van der Waals surface area contributed by atoms with Crippen LogP contribution in [0.15, 0.2) is 11.4 Å². The Kier molecular flexibility index (Phi) is 5.98. The van der Waals surface area contributed by atoms with Crippen molar-refractivity contribution in [1.29, 1.82) is 0 Å². The first-order valence-electron chi connectivity index (χ1n) is 5.83. The molecule has 0 aliphatic rings. The van der Waals surface area contributed by atoms with Crippen LogP contribution in [-0.2, 0) is 0 Å². The molecule has 0 spiro atoms. The molecule has 0 amide bonds. The number of hydrogen-bond donors (Lipinski definition) is 2. The predicted octanol–water partition coefficient (Wildman–Crippen LogP) is 1.76. The van der Waals surface area contributed by atoms with E-state index in [1.54, 1.807) is 11.3 Å². The number of rotatable bonds is 7. The third-order valence-corrected chi connectivity index (χ3v) is 3.89. The summed E-state index contributed by atoms with van der Waals surface area (Å²) in [6, 6.07) is 2.39. The van der Waals surface area contributed by atoms with Crippen molar-refractivity contribution < 1.29 is 5.11 Å². The van der Waals surface area contributed by atoms with Crippen LogP contribution < -0.4 is 5.73 Å². The lowest BCUT2D eigenvalue weighted by atomic mass is 10.1. The summed E-state index contributed by atoms with van der Waals surface area (Å²) < 4.78 is 0. The van der Waals surface area contributed by atoms with Gasteiger partial charge in [-0.2, -0.15) is 0 Å². The van der Waals surface area contributed by atoms with Crippen LogP contribution in [0, 0.1) is 6.92 Å². The van der Waals surface area contributed by atoms with Gasteiger partial charge in [0.05, 0.1) is 12.6 Å². The minimum absolute atomic E-state index is 0.195. The van der Waals surface area contributed by atoms with Gasteiger partial charge in [0, 0.05) is 18.0 Å². The molecule has 0 bridgehead atoms. The van der Waals surface area contributed by atoms with Crippen molar-refractivity contribution >= 4 is 11.3 Å². The van der Waals surface area contributed by atoms with Gasteiger partial charge in [0.15, 0.2) is 0 Å². The van der Waals surface area contributed by atoms with Crippen LogP contribution in [0.1, 0.15) is 29.8 Å². The van der Waals surface area contributed by atoms with E-state index in [4.69, 9.17) is 10.8 Å². The van der Waals surface area contributed by atoms with Gasteiger partial charge >= 0.3 is 0 Å². The fraction of sp³-hybridized carbons (Fsp3) is 0.667. The first-order chi connectivity index (χ1) is 7.74. The van der Waals surface area contributed by atoms with E-state index < -0.39 is 0 Å². The minimum atomic E-state index is 0.195. The fourth-order valence-corrected chi connectivity index (χ4v) is 3.06. The summed E-state index contributed by atoms with van der Waals surface area (Å²) in [4.78, 5) is 3.61. The van der Waals surface area contributed by atoms with Crippen molar-refractivity contribution in [3.8, 4) is 0 Å². The van der Waals surface area contributed by atoms with Gasteiger partial charge < -0.3 is 10.8 Å². The van der Waals surface area contributed by atoms with Crippen LogP contribution in [0.4, 0.5) is 0 Å². The highest BCUT2D eigenvalue weighted by Crippen LogP contribution is 2.27. The third-order valence-electron chi connectivity index (χ3n) is 2.77. The first kappa shape index (κ1) is 13.6. The molecule has 1 rings (SSSR count). The summed E-state index contributed by atoms with van der Waals surface area (Å²) in [6.45, 7) is 6.77. The zero-order chi connectivity index (χ0) is 12.0. The Balaban J connectivity index is 2.81. The van der Waals surface area contributed by atoms with Gasteiger partial charge in [-0.25, -0.2) is 0 Å². The Labute approximate surface area is 102 Å². The molecule has 1 unspecified atom stereocenters. The minimum Gasteiger partial charge on any atom is -0.395 e. The van der Waals surface area contributed by atoms with Gasteiger partial charge in [-0.1, -0.05) is 6.92 Å². The molecule has 0 saturated heterocycles. The van der Waals surface area contributed by atoms with Crippen molar-refractivity contribution in [3.63, 3.8) is 0 Å². The average molecular weight is 242 g/mol. The van der Waals surface area contributed by atoms with E-state index in [1.807, 2.05) is 0 Å². The van der Waals surface area contributed by atoms with Crippen LogP contribution in [0.2, 0.25) is 0 Å². The van der Waals surface area contributed by atoms with Crippen LogP contribution >= 0.6 is 11.3 Å². The van der Waals surface area contributed by atoms with Gasteiger partial charge in [0.25, 0.3) is 0 Å². The third kappa shape index (κ3) is 3.28. The van der Waals surface area contributed by atoms with Gasteiger partial charge in [-0.05, 0) is 36.9 Å². The number of aliphatic hydroxyl groups excluding tert-OH is 1. The molecule has 16 heavy (non-hydrogen) atoms. The average Bonchev–Trinajstić information content (AvgIpc) is 2.67. The predicted molar refractivity (Wildman–Crippen MR) is 69.8 cm³/mol. The molecule has 92 valence electrons. The van der Waals surface area contributed by atoms with E-state index in [2.05, 4.69) is 30.2 Å². The molecule has 3 nitrogen and oxygen atoms in total. The van der Waals surface area contributed by atoms with E-state index in [9.17, 15) is 0 Å². The van der Waals surface area contributed by atoms with Crippen molar-refractivity contribution in [3.05, 3.63) is 21.9 Å². The number of nitrogens with zero attached hydrogens (tertiary/aromatic N) is 1. The maximum Gasteiger partial charge on any atom is 0.0567 e. The van der Waals surface area contributed by atoms with Crippen molar-refractivity contribution in [2.45, 2.75) is 26.3 Å². The molecule has 0 fully saturated rings. The highest BCUT2D eigenvalue weighted by atomic mass is 32.1. The molecule has 1 aromatic rings. The quantitative estimate of drug-likeness (QED) is 0.766. The summed E-state index contributed by atoms with van der Waals surface area (Å²) in [5.41, 5.74) is 7.18. The number of nitrogens with two attached hydrogens (primary N) is 1. The Morgan fingerprint density at radius 2 is 2.25 bits per heavy atom. The van der Waals surface area contributed by atoms with Gasteiger partial charge in [-0.15, -0.1) is 11.3 Å². The van der Waals surface area contributed by atoms with E-state index in [-0.39, 0.29) is 12.6 Å². The zero-order valence-electron chi connectivity index (χ0n) is 10.1. The fourth-order valence-electron chi connectivity index (χ4n) is 1.99. The van der Waals surface area contributed by atoms with E-state index in [0.717, 1.165) is 13.0 Å². The zero-order valence-corrected chi connectivity index (χ0v) is 11.0. The lowest BCUT2D eigenvalue weighted by Crippen LogP contribution is -2.36. The molecule has 0 aromatic carbocycles. The molecule has 0 saturated carbocycles. The SMILES string of the molecule is CCCN(CCO)C(CN)c1sccc1C. The Morgan fingerprint density at radius 1 is 1.50 bits per heavy atom. The van der Waals surface area contributed by atoms with Crippen molar-refractivity contribution in [1.82, 2.24) is 4.90 Å². The monoisotopic (exact) mass is 242 g/mol. The first-order valence-corrected chi connectivity index (χ1v) is 6.71. The molecular formula is C12H22N2OS. The molecule has 0 aliphatic carbocycles. The van der Waals surface area contributed by atoms with Crippen LogP contribution in [-0.4, -0.2) is 36.2 Å². The van der Waals surface area contributed by atoms with Crippen LogP contribution in [0.5, 0.6) is 0 Å². The highest BCUT2D eigenvalue weighted by molar-refractivity contribution is 7.10. The molecule has 1 aromatic heterocycles. The van der Waals surface area contributed by atoms with Gasteiger partial charge in [0.1, 0.15) is 0 Å². The van der Waals surface area contributed by atoms with Gasteiger partial charge in [0.2, 0.25) is 0 Å². The Hall–Kier alpha value is -0.420. The Morgan fingerprint density at radius 3 is 2.69 bits per heavy atom. The molecule has 1 atom stereocenters. The van der Waals surface area contributed by atoms with Crippen molar-refractivity contribution in [2.24, 2.45) is 5.73 Å². The largest absolute Gasteiger partial charge is 0.395 e. The van der Waals surface area contributed by atoms with Crippen molar-refractivity contribution in [2.75, 3.05) is 26.2 Å². The number of thiophene rings is 1. The van der Waals surface area contributed by atoms with Crippen LogP contribution in [0.25, 0.3) is 0 Å². The van der Waals surface area contributed by atoms with E-state index >= 15 is 0 Å². The lowest BCUT2D eigenvalue weighted by Gasteiger charge is -2.29. The second-order valence-electron chi connectivity index (χ2n) is 3.98. The highest BCUT2D eigenvalue weighted by Gasteiger charge is 2.20. The number of aryl methyl sites for hydroxylation is 1. The molecule has 3 N–H and O–H groups in total. The van der Waals surface area contributed by atoms with Gasteiger partial charge in [-0.3, -0.25) is 4.90 Å². The smallest absolute Gasteiger partial charge is 0.0567 e. The summed E-state index contributed by atoms with van der Waals surface area (Å²) in [7, 11) is 0. The maximum atomic E-state index is 9.10. The maximum absolute atomic E-state index is 9.10. The summed E-state index contributed by atoms with van der Waals surface area (Å²) in [6.07, 6.45) is 1.08. The molecule has 1 heterocycles. The Bertz CT molecular complexity index is 295. The number of hydrogen-bond acceptors (Lipinski definition) is 4. The number of aliphatic hydroxyl groups is 1. The van der Waals surface area contributed by atoms with Crippen LogP contribution in [0.3, 0.4) is 0 Å². The molecule has 0 radical (unpaired) electrons.